The number of nitrogens with zero attached hydrogens (tertiary/aromatic N) is 2. The van der Waals surface area contributed by atoms with Gasteiger partial charge in [0.25, 0.3) is 0 Å². The molecule has 6 rings (SSSR count). The molecule has 1 N–H and O–H groups in total. The predicted molar refractivity (Wildman–Crippen MR) is 135 cm³/mol. The molecule has 0 amide bonds. The second kappa shape index (κ2) is 8.06. The van der Waals surface area contributed by atoms with E-state index >= 15 is 0 Å². The molecule has 7 heteroatoms. The van der Waals surface area contributed by atoms with E-state index in [-0.39, 0.29) is 0 Å². The van der Waals surface area contributed by atoms with Crippen molar-refractivity contribution in [1.82, 2.24) is 9.78 Å². The zero-order chi connectivity index (χ0) is 24.1. The third kappa shape index (κ3) is 3.12. The molecule has 174 valence electrons. The lowest BCUT2D eigenvalue weighted by Crippen LogP contribution is -2.23. The number of hydrogen-bond acceptors (Lipinski definition) is 6. The van der Waals surface area contributed by atoms with Gasteiger partial charge in [0, 0.05) is 16.5 Å². The van der Waals surface area contributed by atoms with Crippen LogP contribution in [-0.2, 0) is 0 Å². The van der Waals surface area contributed by atoms with E-state index in [2.05, 4.69) is 5.32 Å². The van der Waals surface area contributed by atoms with Crippen LogP contribution >= 0.6 is 0 Å². The fraction of sp³-hybridized carbons (Fsp3) is 0.143. The molecule has 0 fully saturated rings. The molecule has 0 spiro atoms. The summed E-state index contributed by atoms with van der Waals surface area (Å²) in [7, 11) is 3.21. The fourth-order valence-corrected chi connectivity index (χ4v) is 5.04. The number of benzene rings is 3. The van der Waals surface area contributed by atoms with Crippen molar-refractivity contribution in [3.05, 3.63) is 106 Å². The van der Waals surface area contributed by atoms with E-state index in [9.17, 15) is 4.79 Å². The standard InChI is InChI=1S/C28H23N3O4/c1-16-22-23(19-13-9-15-21(33-2)26(19)34-3)24-25(18-12-7-8-14-20(18)35-28(24)32)29-27(22)31(30-16)17-10-5-4-6-11-17/h4-15,23,29H,1-3H3. The summed E-state index contributed by atoms with van der Waals surface area (Å²) >= 11 is 0. The summed E-state index contributed by atoms with van der Waals surface area (Å²) in [5, 5.41) is 9.24. The van der Waals surface area contributed by atoms with Crippen molar-refractivity contribution >= 4 is 22.5 Å². The van der Waals surface area contributed by atoms with E-state index in [0.717, 1.165) is 33.7 Å². The molecule has 3 heterocycles. The van der Waals surface area contributed by atoms with Gasteiger partial charge in [-0.15, -0.1) is 0 Å². The fourth-order valence-electron chi connectivity index (χ4n) is 5.04. The molecule has 7 nitrogen and oxygen atoms in total. The molecule has 1 aliphatic rings. The van der Waals surface area contributed by atoms with Crippen LogP contribution in [0.1, 0.15) is 28.3 Å². The Morgan fingerprint density at radius 3 is 2.46 bits per heavy atom. The van der Waals surface area contributed by atoms with Crippen LogP contribution in [0.3, 0.4) is 0 Å². The molecule has 35 heavy (non-hydrogen) atoms. The molecule has 5 aromatic rings. The summed E-state index contributed by atoms with van der Waals surface area (Å²) in [5.74, 6) is 1.47. The largest absolute Gasteiger partial charge is 0.493 e. The first-order valence-electron chi connectivity index (χ1n) is 11.3. The lowest BCUT2D eigenvalue weighted by Gasteiger charge is -2.29. The maximum atomic E-state index is 13.5. The maximum Gasteiger partial charge on any atom is 0.342 e. The van der Waals surface area contributed by atoms with Gasteiger partial charge >= 0.3 is 5.63 Å². The van der Waals surface area contributed by atoms with E-state index in [1.165, 1.54) is 0 Å². The first-order chi connectivity index (χ1) is 17.1. The zero-order valence-electron chi connectivity index (χ0n) is 19.5. The van der Waals surface area contributed by atoms with E-state index in [4.69, 9.17) is 19.0 Å². The summed E-state index contributed by atoms with van der Waals surface area (Å²) in [4.78, 5) is 13.5. The Kier molecular flexibility index (Phi) is 4.84. The number of hydrogen-bond donors (Lipinski definition) is 1. The van der Waals surface area contributed by atoms with Gasteiger partial charge in [-0.2, -0.15) is 5.10 Å². The average molecular weight is 466 g/mol. The van der Waals surface area contributed by atoms with Crippen molar-refractivity contribution in [2.24, 2.45) is 0 Å². The van der Waals surface area contributed by atoms with Gasteiger partial charge in [-0.05, 0) is 37.3 Å². The second-order valence-electron chi connectivity index (χ2n) is 8.41. The number of methoxy groups -OCH3 is 2. The molecule has 0 aliphatic carbocycles. The minimum atomic E-state index is -0.482. The van der Waals surface area contributed by atoms with Crippen molar-refractivity contribution in [1.29, 1.82) is 0 Å². The van der Waals surface area contributed by atoms with Crippen LogP contribution in [0.25, 0.3) is 16.7 Å². The van der Waals surface area contributed by atoms with Gasteiger partial charge in [0.2, 0.25) is 0 Å². The monoisotopic (exact) mass is 465 g/mol. The molecule has 1 unspecified atom stereocenters. The zero-order valence-corrected chi connectivity index (χ0v) is 19.5. The summed E-state index contributed by atoms with van der Waals surface area (Å²) in [5.41, 5.74) is 4.73. The maximum absolute atomic E-state index is 13.5. The predicted octanol–water partition coefficient (Wildman–Crippen LogP) is 5.54. The number of nitrogens with one attached hydrogen (secondary N) is 1. The molecule has 0 saturated heterocycles. The third-order valence-corrected chi connectivity index (χ3v) is 6.52. The van der Waals surface area contributed by atoms with Gasteiger partial charge in [0.05, 0.1) is 42.8 Å². The highest BCUT2D eigenvalue weighted by Crippen LogP contribution is 2.50. The Hall–Kier alpha value is -4.52. The van der Waals surface area contributed by atoms with E-state index < -0.39 is 11.5 Å². The quantitative estimate of drug-likeness (QED) is 0.344. The Labute approximate surface area is 201 Å². The molecule has 0 radical (unpaired) electrons. The highest BCUT2D eigenvalue weighted by Gasteiger charge is 2.38. The molecule has 2 aromatic heterocycles. The highest BCUT2D eigenvalue weighted by molar-refractivity contribution is 5.96. The van der Waals surface area contributed by atoms with Gasteiger partial charge < -0.3 is 19.2 Å². The summed E-state index contributed by atoms with van der Waals surface area (Å²) < 4.78 is 19.1. The number of rotatable bonds is 4. The number of aromatic nitrogens is 2. The van der Waals surface area contributed by atoms with E-state index in [1.807, 2.05) is 78.3 Å². The minimum Gasteiger partial charge on any atom is -0.493 e. The first-order valence-corrected chi connectivity index (χ1v) is 11.3. The Bertz CT molecular complexity index is 1640. The van der Waals surface area contributed by atoms with Gasteiger partial charge in [0.15, 0.2) is 11.5 Å². The van der Waals surface area contributed by atoms with Crippen molar-refractivity contribution in [2.75, 3.05) is 19.5 Å². The van der Waals surface area contributed by atoms with Crippen LogP contribution in [0, 0.1) is 6.92 Å². The molecular weight excluding hydrogens is 442 g/mol. The van der Waals surface area contributed by atoms with Crippen molar-refractivity contribution in [3.63, 3.8) is 0 Å². The summed E-state index contributed by atoms with van der Waals surface area (Å²) in [6.07, 6.45) is 0. The van der Waals surface area contributed by atoms with Crippen LogP contribution in [0.2, 0.25) is 0 Å². The molecule has 0 bridgehead atoms. The molecule has 1 atom stereocenters. The van der Waals surface area contributed by atoms with E-state index in [1.54, 1.807) is 20.3 Å². The van der Waals surface area contributed by atoms with Gasteiger partial charge in [-0.25, -0.2) is 9.48 Å². The van der Waals surface area contributed by atoms with Crippen molar-refractivity contribution in [3.8, 4) is 17.2 Å². The molecule has 0 saturated carbocycles. The number of anilines is 2. The normalized spacial score (nSPS) is 14.2. The van der Waals surface area contributed by atoms with Crippen LogP contribution < -0.4 is 20.4 Å². The smallest absolute Gasteiger partial charge is 0.342 e. The summed E-state index contributed by atoms with van der Waals surface area (Å²) in [6.45, 7) is 1.95. The summed E-state index contributed by atoms with van der Waals surface area (Å²) in [6, 6.07) is 23.2. The lowest BCUT2D eigenvalue weighted by molar-refractivity contribution is 0.351. The number of para-hydroxylation sites is 3. The molecule has 1 aliphatic heterocycles. The Morgan fingerprint density at radius 2 is 1.69 bits per heavy atom. The first kappa shape index (κ1) is 21.0. The third-order valence-electron chi connectivity index (χ3n) is 6.52. The van der Waals surface area contributed by atoms with Gasteiger partial charge in [0.1, 0.15) is 11.4 Å². The Balaban J connectivity index is 1.73. The number of fused-ring (bicyclic) bond motifs is 4. The van der Waals surface area contributed by atoms with Crippen LogP contribution in [0.4, 0.5) is 11.5 Å². The van der Waals surface area contributed by atoms with E-state index in [0.29, 0.717) is 28.3 Å². The van der Waals surface area contributed by atoms with Gasteiger partial charge in [-0.1, -0.05) is 42.5 Å². The molecule has 3 aromatic carbocycles. The molecular formula is C28H23N3O4. The number of ether oxygens (including phenoxy) is 2. The van der Waals surface area contributed by atoms with Crippen LogP contribution in [-0.4, -0.2) is 24.0 Å². The Morgan fingerprint density at radius 1 is 0.914 bits per heavy atom. The van der Waals surface area contributed by atoms with Crippen LogP contribution in [0.5, 0.6) is 11.5 Å². The SMILES string of the molecule is COc1cccc(C2c3c(C)nn(-c4ccccc4)c3Nc3c2c(=O)oc2ccccc32)c1OC. The average Bonchev–Trinajstić information content (AvgIpc) is 3.23. The van der Waals surface area contributed by atoms with Gasteiger partial charge in [-0.3, -0.25) is 0 Å². The highest BCUT2D eigenvalue weighted by atomic mass is 16.5. The second-order valence-corrected chi connectivity index (χ2v) is 8.41. The topological polar surface area (TPSA) is 78.5 Å². The minimum absolute atomic E-state index is 0.404. The van der Waals surface area contributed by atoms with Crippen molar-refractivity contribution in [2.45, 2.75) is 12.8 Å². The lowest BCUT2D eigenvalue weighted by atomic mass is 9.81. The van der Waals surface area contributed by atoms with Crippen molar-refractivity contribution < 1.29 is 13.9 Å². The number of aryl methyl sites for hydroxylation is 1. The van der Waals surface area contributed by atoms with Crippen LogP contribution in [0.15, 0.2) is 82.0 Å².